The second-order valence-electron chi connectivity index (χ2n) is 5.67. The molecule has 0 unspecified atom stereocenters. The van der Waals surface area contributed by atoms with E-state index < -0.39 is 0 Å². The lowest BCUT2D eigenvalue weighted by Crippen LogP contribution is -2.19. The number of benzene rings is 1. The van der Waals surface area contributed by atoms with Gasteiger partial charge in [0, 0.05) is 0 Å². The Labute approximate surface area is 127 Å². The quantitative estimate of drug-likeness (QED) is 0.739. The molecule has 0 bridgehead atoms. The Morgan fingerprint density at radius 2 is 1.90 bits per heavy atom. The highest BCUT2D eigenvalue weighted by Crippen LogP contribution is 2.28. The van der Waals surface area contributed by atoms with Gasteiger partial charge in [-0.2, -0.15) is 0 Å². The smallest absolute Gasteiger partial charge is 0.118 e. The summed E-state index contributed by atoms with van der Waals surface area (Å²) >= 11 is 0. The maximum atomic E-state index is 5.32. The summed E-state index contributed by atoms with van der Waals surface area (Å²) in [5, 5.41) is 3.45. The van der Waals surface area contributed by atoms with Crippen LogP contribution < -0.4 is 10.1 Å². The van der Waals surface area contributed by atoms with E-state index >= 15 is 0 Å². The SMILES string of the molecule is COc1ccc([C@@H](CCNCc2ccco2)C(C)C)cc1. The van der Waals surface area contributed by atoms with Gasteiger partial charge in [-0.3, -0.25) is 0 Å². The van der Waals surface area contributed by atoms with Crippen molar-refractivity contribution in [2.45, 2.75) is 32.7 Å². The van der Waals surface area contributed by atoms with Crippen LogP contribution in [0, 0.1) is 5.92 Å². The standard InChI is InChI=1S/C18H25NO2/c1-14(2)18(15-6-8-16(20-3)9-7-15)10-11-19-13-17-5-4-12-21-17/h4-9,12,14,18-19H,10-11,13H2,1-3H3/t18-/m0/s1. The first kappa shape index (κ1) is 15.6. The molecule has 1 aromatic heterocycles. The maximum Gasteiger partial charge on any atom is 0.118 e. The Bertz CT molecular complexity index is 503. The molecular formula is C18H25NO2. The molecule has 3 nitrogen and oxygen atoms in total. The van der Waals surface area contributed by atoms with Crippen molar-refractivity contribution in [2.24, 2.45) is 5.92 Å². The molecule has 0 spiro atoms. The number of hydrogen-bond acceptors (Lipinski definition) is 3. The van der Waals surface area contributed by atoms with E-state index in [1.807, 2.05) is 24.3 Å². The van der Waals surface area contributed by atoms with Gasteiger partial charge in [-0.25, -0.2) is 0 Å². The molecule has 1 N–H and O–H groups in total. The largest absolute Gasteiger partial charge is 0.497 e. The Hall–Kier alpha value is -1.74. The summed E-state index contributed by atoms with van der Waals surface area (Å²) in [6.07, 6.45) is 2.83. The predicted molar refractivity (Wildman–Crippen MR) is 85.6 cm³/mol. The van der Waals surface area contributed by atoms with Crippen LogP contribution in [0.1, 0.15) is 37.5 Å². The molecule has 0 aliphatic rings. The van der Waals surface area contributed by atoms with E-state index in [9.17, 15) is 0 Å². The molecule has 21 heavy (non-hydrogen) atoms. The zero-order valence-corrected chi connectivity index (χ0v) is 13.1. The Kier molecular flexibility index (Phi) is 5.88. The first-order valence-electron chi connectivity index (χ1n) is 7.57. The highest BCUT2D eigenvalue weighted by atomic mass is 16.5. The van der Waals surface area contributed by atoms with Crippen LogP contribution in [-0.2, 0) is 6.54 Å². The minimum Gasteiger partial charge on any atom is -0.497 e. The average Bonchev–Trinajstić information content (AvgIpc) is 3.00. The molecule has 1 aromatic carbocycles. The lowest BCUT2D eigenvalue weighted by molar-refractivity contribution is 0.412. The van der Waals surface area contributed by atoms with Crippen molar-refractivity contribution < 1.29 is 9.15 Å². The van der Waals surface area contributed by atoms with Crippen molar-refractivity contribution in [2.75, 3.05) is 13.7 Å². The van der Waals surface area contributed by atoms with Crippen LogP contribution in [0.15, 0.2) is 47.1 Å². The molecule has 0 amide bonds. The van der Waals surface area contributed by atoms with E-state index in [-0.39, 0.29) is 0 Å². The van der Waals surface area contributed by atoms with Gasteiger partial charge in [0.05, 0.1) is 19.9 Å². The van der Waals surface area contributed by atoms with E-state index in [4.69, 9.17) is 9.15 Å². The zero-order valence-electron chi connectivity index (χ0n) is 13.1. The Morgan fingerprint density at radius 3 is 2.48 bits per heavy atom. The molecule has 2 rings (SSSR count). The minimum atomic E-state index is 0.556. The number of rotatable bonds is 8. The minimum absolute atomic E-state index is 0.556. The Morgan fingerprint density at radius 1 is 1.14 bits per heavy atom. The summed E-state index contributed by atoms with van der Waals surface area (Å²) in [5.41, 5.74) is 1.38. The average molecular weight is 287 g/mol. The number of methoxy groups -OCH3 is 1. The normalized spacial score (nSPS) is 12.6. The Balaban J connectivity index is 1.86. The molecule has 3 heteroatoms. The van der Waals surface area contributed by atoms with Crippen molar-refractivity contribution >= 4 is 0 Å². The summed E-state index contributed by atoms with van der Waals surface area (Å²) < 4.78 is 10.5. The van der Waals surface area contributed by atoms with Crippen LogP contribution in [0.4, 0.5) is 0 Å². The van der Waals surface area contributed by atoms with Gasteiger partial charge < -0.3 is 14.5 Å². The third-order valence-electron chi connectivity index (χ3n) is 3.86. The van der Waals surface area contributed by atoms with Gasteiger partial charge in [0.25, 0.3) is 0 Å². The van der Waals surface area contributed by atoms with Gasteiger partial charge in [-0.05, 0) is 54.6 Å². The second kappa shape index (κ2) is 7.89. The van der Waals surface area contributed by atoms with E-state index in [1.54, 1.807) is 13.4 Å². The highest BCUT2D eigenvalue weighted by Gasteiger charge is 2.15. The molecule has 0 fully saturated rings. The molecule has 0 saturated carbocycles. The fraction of sp³-hybridized carbons (Fsp3) is 0.444. The fourth-order valence-corrected chi connectivity index (χ4v) is 2.62. The van der Waals surface area contributed by atoms with Crippen molar-refractivity contribution in [1.29, 1.82) is 0 Å². The molecule has 0 aliphatic carbocycles. The molecule has 1 heterocycles. The monoisotopic (exact) mass is 287 g/mol. The van der Waals surface area contributed by atoms with Crippen LogP contribution in [0.3, 0.4) is 0 Å². The van der Waals surface area contributed by atoms with Crippen LogP contribution in [0.2, 0.25) is 0 Å². The van der Waals surface area contributed by atoms with Crippen LogP contribution >= 0.6 is 0 Å². The van der Waals surface area contributed by atoms with Crippen molar-refractivity contribution in [1.82, 2.24) is 5.32 Å². The summed E-state index contributed by atoms with van der Waals surface area (Å²) in [5.74, 6) is 3.07. The molecule has 0 aliphatic heterocycles. The van der Waals surface area contributed by atoms with E-state index in [0.717, 1.165) is 31.0 Å². The summed E-state index contributed by atoms with van der Waals surface area (Å²) in [4.78, 5) is 0. The second-order valence-corrected chi connectivity index (χ2v) is 5.67. The van der Waals surface area contributed by atoms with Gasteiger partial charge in [0.2, 0.25) is 0 Å². The summed E-state index contributed by atoms with van der Waals surface area (Å²) in [7, 11) is 1.70. The van der Waals surface area contributed by atoms with Gasteiger partial charge in [-0.15, -0.1) is 0 Å². The number of hydrogen-bond donors (Lipinski definition) is 1. The summed E-state index contributed by atoms with van der Waals surface area (Å²) in [6.45, 7) is 6.33. The third kappa shape index (κ3) is 4.64. The number of furan rings is 1. The topological polar surface area (TPSA) is 34.4 Å². The van der Waals surface area contributed by atoms with Gasteiger partial charge in [-0.1, -0.05) is 26.0 Å². The van der Waals surface area contributed by atoms with E-state index in [0.29, 0.717) is 11.8 Å². The molecule has 0 saturated heterocycles. The first-order valence-corrected chi connectivity index (χ1v) is 7.57. The molecule has 1 atom stereocenters. The molecular weight excluding hydrogens is 262 g/mol. The zero-order chi connectivity index (χ0) is 15.1. The molecule has 0 radical (unpaired) electrons. The van der Waals surface area contributed by atoms with Gasteiger partial charge >= 0.3 is 0 Å². The lowest BCUT2D eigenvalue weighted by atomic mass is 9.86. The van der Waals surface area contributed by atoms with Crippen LogP contribution in [0.25, 0.3) is 0 Å². The fourth-order valence-electron chi connectivity index (χ4n) is 2.62. The van der Waals surface area contributed by atoms with E-state index in [2.05, 4.69) is 31.3 Å². The van der Waals surface area contributed by atoms with Crippen LogP contribution in [-0.4, -0.2) is 13.7 Å². The predicted octanol–water partition coefficient (Wildman–Crippen LogP) is 4.21. The van der Waals surface area contributed by atoms with Gasteiger partial charge in [0.1, 0.15) is 11.5 Å². The summed E-state index contributed by atoms with van der Waals surface area (Å²) in [6, 6.07) is 12.4. The number of nitrogens with one attached hydrogen (secondary N) is 1. The van der Waals surface area contributed by atoms with Crippen molar-refractivity contribution in [3.63, 3.8) is 0 Å². The maximum absolute atomic E-state index is 5.32. The van der Waals surface area contributed by atoms with Crippen molar-refractivity contribution in [3.05, 3.63) is 54.0 Å². The molecule has 2 aromatic rings. The van der Waals surface area contributed by atoms with Gasteiger partial charge in [0.15, 0.2) is 0 Å². The third-order valence-corrected chi connectivity index (χ3v) is 3.86. The first-order chi connectivity index (χ1) is 10.2. The van der Waals surface area contributed by atoms with E-state index in [1.165, 1.54) is 5.56 Å². The lowest BCUT2D eigenvalue weighted by Gasteiger charge is -2.21. The molecule has 114 valence electrons. The number of ether oxygens (including phenoxy) is 1. The highest BCUT2D eigenvalue weighted by molar-refractivity contribution is 5.29. The van der Waals surface area contributed by atoms with Crippen LogP contribution in [0.5, 0.6) is 5.75 Å². The van der Waals surface area contributed by atoms with Crippen molar-refractivity contribution in [3.8, 4) is 5.75 Å².